The third-order valence-electron chi connectivity index (χ3n) is 6.10. The normalized spacial score (nSPS) is 15.3. The number of nitrogens with zero attached hydrogens (tertiary/aromatic N) is 3. The first kappa shape index (κ1) is 23.8. The van der Waals surface area contributed by atoms with E-state index in [1.54, 1.807) is 47.1 Å². The zero-order valence-corrected chi connectivity index (χ0v) is 20.3. The summed E-state index contributed by atoms with van der Waals surface area (Å²) in [5, 5.41) is 18.9. The number of carboxylic acid groups (broad SMARTS) is 1. The van der Waals surface area contributed by atoms with Crippen LogP contribution in [0.1, 0.15) is 36.4 Å². The fraction of sp³-hybridized carbons (Fsp3) is 0.154. The van der Waals surface area contributed by atoms with E-state index in [-0.39, 0.29) is 24.8 Å². The zero-order chi connectivity index (χ0) is 25.4. The Bertz CT molecular complexity index is 1560. The number of aromatic amines is 1. The number of nitrogens with one attached hydrogen (secondary N) is 1. The lowest BCUT2D eigenvalue weighted by atomic mass is 9.93. The summed E-state index contributed by atoms with van der Waals surface area (Å²) in [6, 6.07) is 17.4. The minimum Gasteiger partial charge on any atom is -0.481 e. The molecule has 0 fully saturated rings. The van der Waals surface area contributed by atoms with Crippen molar-refractivity contribution in [2.24, 2.45) is 5.10 Å². The van der Waals surface area contributed by atoms with Gasteiger partial charge in [-0.25, -0.2) is 5.01 Å². The summed E-state index contributed by atoms with van der Waals surface area (Å²) < 4.78 is 1.64. The van der Waals surface area contributed by atoms with Crippen molar-refractivity contribution in [3.05, 3.63) is 98.4 Å². The van der Waals surface area contributed by atoms with Crippen LogP contribution in [-0.4, -0.2) is 37.3 Å². The summed E-state index contributed by atoms with van der Waals surface area (Å²) in [7, 11) is 0. The van der Waals surface area contributed by atoms with Crippen LogP contribution in [0.3, 0.4) is 0 Å². The summed E-state index contributed by atoms with van der Waals surface area (Å²) in [5.41, 5.74) is 3.37. The van der Waals surface area contributed by atoms with Gasteiger partial charge in [-0.05, 0) is 47.5 Å². The van der Waals surface area contributed by atoms with Crippen molar-refractivity contribution in [3.63, 3.8) is 0 Å². The van der Waals surface area contributed by atoms with Crippen LogP contribution in [0.25, 0.3) is 16.6 Å². The molecule has 2 aromatic carbocycles. The molecule has 0 unspecified atom stereocenters. The summed E-state index contributed by atoms with van der Waals surface area (Å²) in [5.74, 6) is -1.52. The van der Waals surface area contributed by atoms with Crippen molar-refractivity contribution in [2.75, 3.05) is 0 Å². The topological polar surface area (TPSA) is 107 Å². The number of carboxylic acids is 1. The molecule has 10 heteroatoms. The number of hydrogen-bond donors (Lipinski definition) is 2. The van der Waals surface area contributed by atoms with Gasteiger partial charge in [0.25, 0.3) is 5.56 Å². The lowest BCUT2D eigenvalue weighted by Gasteiger charge is -2.22. The number of hydrogen-bond acceptors (Lipinski definition) is 4. The number of H-pyrrole nitrogens is 1. The fourth-order valence-corrected chi connectivity index (χ4v) is 4.69. The van der Waals surface area contributed by atoms with Gasteiger partial charge in [0.05, 0.1) is 29.3 Å². The number of aliphatic carboxylic acids is 1. The Kier molecular flexibility index (Phi) is 6.38. The number of benzene rings is 2. The second-order valence-corrected chi connectivity index (χ2v) is 9.28. The summed E-state index contributed by atoms with van der Waals surface area (Å²) in [6.45, 7) is 0. The summed E-state index contributed by atoms with van der Waals surface area (Å²) in [4.78, 5) is 37.5. The number of carbonyl (C=O) groups is 2. The monoisotopic (exact) mass is 522 g/mol. The van der Waals surface area contributed by atoms with Crippen molar-refractivity contribution in [1.29, 1.82) is 0 Å². The molecule has 0 spiro atoms. The molecule has 3 heterocycles. The number of carbonyl (C=O) groups excluding carboxylic acids is 1. The van der Waals surface area contributed by atoms with Crippen LogP contribution < -0.4 is 5.56 Å². The summed E-state index contributed by atoms with van der Waals surface area (Å²) >= 11 is 12.2. The lowest BCUT2D eigenvalue weighted by Crippen LogP contribution is -2.27. The average Bonchev–Trinajstić information content (AvgIpc) is 3.50. The number of hydrazone groups is 1. The number of amides is 1. The maximum absolute atomic E-state index is 13.4. The molecule has 8 nitrogen and oxygen atoms in total. The predicted molar refractivity (Wildman–Crippen MR) is 138 cm³/mol. The largest absolute Gasteiger partial charge is 0.481 e. The van der Waals surface area contributed by atoms with E-state index in [9.17, 15) is 14.4 Å². The number of aromatic nitrogens is 2. The van der Waals surface area contributed by atoms with E-state index < -0.39 is 17.9 Å². The zero-order valence-electron chi connectivity index (χ0n) is 18.8. The average molecular weight is 523 g/mol. The molecule has 1 amide bonds. The van der Waals surface area contributed by atoms with Crippen molar-refractivity contribution in [3.8, 4) is 11.1 Å². The third-order valence-corrected chi connectivity index (χ3v) is 6.60. The minimum absolute atomic E-state index is 0.214. The summed E-state index contributed by atoms with van der Waals surface area (Å²) in [6.07, 6.45) is 1.48. The molecule has 0 aliphatic carbocycles. The van der Waals surface area contributed by atoms with Crippen LogP contribution in [0.2, 0.25) is 10.0 Å². The molecule has 1 aliphatic heterocycles. The van der Waals surface area contributed by atoms with Gasteiger partial charge in [0.1, 0.15) is 0 Å². The molecule has 2 aromatic heterocycles. The predicted octanol–water partition coefficient (Wildman–Crippen LogP) is 5.14. The second-order valence-electron chi connectivity index (χ2n) is 8.41. The Balaban J connectivity index is 1.66. The quantitative estimate of drug-likeness (QED) is 0.365. The Morgan fingerprint density at radius 2 is 1.64 bits per heavy atom. The Hall–Kier alpha value is -3.88. The van der Waals surface area contributed by atoms with Crippen LogP contribution in [0.15, 0.2) is 76.8 Å². The molecule has 0 saturated carbocycles. The highest BCUT2D eigenvalue weighted by molar-refractivity contribution is 6.31. The van der Waals surface area contributed by atoms with Gasteiger partial charge >= 0.3 is 5.97 Å². The highest BCUT2D eigenvalue weighted by Gasteiger charge is 2.35. The van der Waals surface area contributed by atoms with E-state index in [0.717, 1.165) is 16.6 Å². The molecule has 0 radical (unpaired) electrons. The van der Waals surface area contributed by atoms with Gasteiger partial charge in [0, 0.05) is 34.6 Å². The van der Waals surface area contributed by atoms with Gasteiger partial charge in [-0.1, -0.05) is 47.5 Å². The van der Waals surface area contributed by atoms with Crippen LogP contribution in [-0.2, 0) is 9.59 Å². The van der Waals surface area contributed by atoms with Crippen LogP contribution >= 0.6 is 23.2 Å². The second kappa shape index (κ2) is 9.64. The maximum atomic E-state index is 13.4. The van der Waals surface area contributed by atoms with Crippen LogP contribution in [0, 0.1) is 0 Å². The van der Waals surface area contributed by atoms with Crippen molar-refractivity contribution < 1.29 is 14.7 Å². The molecule has 0 bridgehead atoms. The number of halogens is 2. The van der Waals surface area contributed by atoms with Gasteiger partial charge in [-0.3, -0.25) is 24.0 Å². The molecular weight excluding hydrogens is 503 g/mol. The minimum atomic E-state index is -1.07. The van der Waals surface area contributed by atoms with Gasteiger partial charge in [-0.15, -0.1) is 0 Å². The van der Waals surface area contributed by atoms with Crippen molar-refractivity contribution in [2.45, 2.75) is 25.3 Å². The van der Waals surface area contributed by atoms with E-state index in [4.69, 9.17) is 28.3 Å². The standard InChI is InChI=1S/C26H20Cl2N4O4/c27-17-7-3-15(4-8-17)21-14-19(29-32(21)22(33)11-12-23(34)35)25-24(16-5-9-18(28)10-6-16)20-2-1-13-31(20)30-26(25)36/h1-10,13,21H,11-12,14H2,(H,30,36)(H,34,35)/t21-/m0/s1. The van der Waals surface area contributed by atoms with Gasteiger partial charge in [-0.2, -0.15) is 5.10 Å². The Morgan fingerprint density at radius 3 is 2.31 bits per heavy atom. The van der Waals surface area contributed by atoms with E-state index >= 15 is 0 Å². The van der Waals surface area contributed by atoms with Crippen molar-refractivity contribution in [1.82, 2.24) is 14.6 Å². The van der Waals surface area contributed by atoms with Gasteiger partial charge in [0.15, 0.2) is 0 Å². The molecular formula is C26H20Cl2N4O4. The first-order chi connectivity index (χ1) is 17.3. The molecule has 0 saturated heterocycles. The molecule has 5 rings (SSSR count). The van der Waals surface area contributed by atoms with E-state index in [1.165, 1.54) is 5.01 Å². The van der Waals surface area contributed by atoms with Crippen LogP contribution in [0.5, 0.6) is 0 Å². The molecule has 2 N–H and O–H groups in total. The smallest absolute Gasteiger partial charge is 0.303 e. The SMILES string of the molecule is O=C(O)CCC(=O)N1N=C(c2c(-c3ccc(Cl)cc3)c3cccn3[nH]c2=O)C[C@H]1c1ccc(Cl)cc1. The Labute approximate surface area is 215 Å². The maximum Gasteiger partial charge on any atom is 0.303 e. The molecule has 1 atom stereocenters. The van der Waals surface area contributed by atoms with E-state index in [0.29, 0.717) is 26.9 Å². The van der Waals surface area contributed by atoms with E-state index in [2.05, 4.69) is 10.2 Å². The van der Waals surface area contributed by atoms with Crippen molar-refractivity contribution >= 4 is 46.3 Å². The highest BCUT2D eigenvalue weighted by atomic mass is 35.5. The third kappa shape index (κ3) is 4.53. The fourth-order valence-electron chi connectivity index (χ4n) is 4.44. The molecule has 182 valence electrons. The van der Waals surface area contributed by atoms with E-state index in [1.807, 2.05) is 24.3 Å². The van der Waals surface area contributed by atoms with Gasteiger partial charge < -0.3 is 5.11 Å². The molecule has 1 aliphatic rings. The first-order valence-corrected chi connectivity index (χ1v) is 11.9. The first-order valence-electron chi connectivity index (χ1n) is 11.2. The Morgan fingerprint density at radius 1 is 0.972 bits per heavy atom. The van der Waals surface area contributed by atoms with Gasteiger partial charge in [0.2, 0.25) is 5.91 Å². The number of rotatable bonds is 6. The molecule has 36 heavy (non-hydrogen) atoms. The molecule has 4 aromatic rings. The lowest BCUT2D eigenvalue weighted by molar-refractivity contribution is -0.141. The number of fused-ring (bicyclic) bond motifs is 1. The highest BCUT2D eigenvalue weighted by Crippen LogP contribution is 2.37. The van der Waals surface area contributed by atoms with Crippen LogP contribution in [0.4, 0.5) is 0 Å².